The number of aromatic nitrogens is 3. The molecule has 1 aromatic heterocycles. The summed E-state index contributed by atoms with van der Waals surface area (Å²) in [5.74, 6) is -0.667. The molecule has 0 aliphatic carbocycles. The monoisotopic (exact) mass is 237 g/mol. The fraction of sp³-hybridized carbons (Fsp3) is 0.600. The molecule has 7 nitrogen and oxygen atoms in total. The molecule has 0 saturated carbocycles. The predicted octanol–water partition coefficient (Wildman–Crippen LogP) is -0.551. The topological polar surface area (TPSA) is 94.1 Å². The van der Waals surface area contributed by atoms with Crippen molar-refractivity contribution in [1.82, 2.24) is 19.9 Å². The highest BCUT2D eigenvalue weighted by Crippen LogP contribution is 2.33. The van der Waals surface area contributed by atoms with Gasteiger partial charge in [-0.15, -0.1) is 5.10 Å². The van der Waals surface area contributed by atoms with Crippen molar-refractivity contribution in [2.75, 3.05) is 6.54 Å². The average molecular weight is 237 g/mol. The second-order valence-corrected chi connectivity index (χ2v) is 4.03. The van der Waals surface area contributed by atoms with Gasteiger partial charge in [0.1, 0.15) is 0 Å². The Kier molecular flexibility index (Phi) is 2.83. The van der Waals surface area contributed by atoms with E-state index >= 15 is 0 Å². The van der Waals surface area contributed by atoms with Crippen LogP contribution < -0.4 is 5.73 Å². The zero-order valence-corrected chi connectivity index (χ0v) is 9.67. The fourth-order valence-electron chi connectivity index (χ4n) is 2.34. The Labute approximate surface area is 98.6 Å². The lowest BCUT2D eigenvalue weighted by atomic mass is 10.1. The standard InChI is InChI=1S/C10H15N5O2/c1-2-8(16)14-6-3-4-10(14,9(11)17)15-7-5-12-13-15/h5,7H,2-4,6H2,1H3,(H2,11,17)/t10-/m1/s1. The van der Waals surface area contributed by atoms with Gasteiger partial charge in [0.2, 0.25) is 11.6 Å². The van der Waals surface area contributed by atoms with Crippen molar-refractivity contribution in [3.8, 4) is 0 Å². The minimum absolute atomic E-state index is 0.100. The first kappa shape index (κ1) is 11.6. The van der Waals surface area contributed by atoms with Crippen LogP contribution in [0.25, 0.3) is 0 Å². The van der Waals surface area contributed by atoms with Crippen molar-refractivity contribution in [1.29, 1.82) is 0 Å². The van der Waals surface area contributed by atoms with E-state index in [2.05, 4.69) is 10.3 Å². The quantitative estimate of drug-likeness (QED) is 0.763. The van der Waals surface area contributed by atoms with Crippen LogP contribution in [0.15, 0.2) is 12.4 Å². The van der Waals surface area contributed by atoms with Crippen molar-refractivity contribution in [3.05, 3.63) is 12.4 Å². The number of nitrogens with two attached hydrogens (primary N) is 1. The lowest BCUT2D eigenvalue weighted by Crippen LogP contribution is -2.57. The number of carbonyl (C=O) groups is 2. The fourth-order valence-corrected chi connectivity index (χ4v) is 2.34. The number of amides is 2. The van der Waals surface area contributed by atoms with Crippen LogP contribution in [0.2, 0.25) is 0 Å². The van der Waals surface area contributed by atoms with Gasteiger partial charge in [0, 0.05) is 25.6 Å². The molecule has 2 N–H and O–H groups in total. The minimum Gasteiger partial charge on any atom is -0.366 e. The Balaban J connectivity index is 2.47. The molecule has 0 radical (unpaired) electrons. The number of primary amides is 1. The Morgan fingerprint density at radius 1 is 1.53 bits per heavy atom. The van der Waals surface area contributed by atoms with Crippen molar-refractivity contribution in [2.45, 2.75) is 31.8 Å². The van der Waals surface area contributed by atoms with Gasteiger partial charge in [0.15, 0.2) is 0 Å². The molecule has 2 heterocycles. The predicted molar refractivity (Wildman–Crippen MR) is 58.4 cm³/mol. The Bertz CT molecular complexity index is 430. The van der Waals surface area contributed by atoms with E-state index in [-0.39, 0.29) is 5.91 Å². The van der Waals surface area contributed by atoms with Gasteiger partial charge in [-0.1, -0.05) is 12.1 Å². The number of nitrogens with zero attached hydrogens (tertiary/aromatic N) is 4. The van der Waals surface area contributed by atoms with Crippen LogP contribution in [0, 0.1) is 0 Å². The van der Waals surface area contributed by atoms with Gasteiger partial charge < -0.3 is 10.6 Å². The van der Waals surface area contributed by atoms with Crippen molar-refractivity contribution < 1.29 is 9.59 Å². The molecule has 0 aromatic carbocycles. The highest BCUT2D eigenvalue weighted by molar-refractivity contribution is 5.88. The van der Waals surface area contributed by atoms with Crippen molar-refractivity contribution in [2.24, 2.45) is 5.73 Å². The highest BCUT2D eigenvalue weighted by atomic mass is 16.2. The molecule has 1 saturated heterocycles. The highest BCUT2D eigenvalue weighted by Gasteiger charge is 2.50. The number of hydrogen-bond donors (Lipinski definition) is 1. The average Bonchev–Trinajstić information content (AvgIpc) is 2.96. The van der Waals surface area contributed by atoms with Crippen LogP contribution in [0.4, 0.5) is 0 Å². The molecule has 1 fully saturated rings. The molecule has 1 aliphatic rings. The van der Waals surface area contributed by atoms with Gasteiger partial charge in [-0.05, 0) is 6.42 Å². The molecule has 17 heavy (non-hydrogen) atoms. The summed E-state index contributed by atoms with van der Waals surface area (Å²) in [6.07, 6.45) is 4.58. The normalized spacial score (nSPS) is 23.9. The summed E-state index contributed by atoms with van der Waals surface area (Å²) >= 11 is 0. The maximum absolute atomic E-state index is 11.9. The molecule has 92 valence electrons. The summed E-state index contributed by atoms with van der Waals surface area (Å²) < 4.78 is 1.38. The second-order valence-electron chi connectivity index (χ2n) is 4.03. The third-order valence-electron chi connectivity index (χ3n) is 3.15. The van der Waals surface area contributed by atoms with Crippen molar-refractivity contribution in [3.63, 3.8) is 0 Å². The van der Waals surface area contributed by atoms with Gasteiger partial charge in [0.05, 0.1) is 6.20 Å². The van der Waals surface area contributed by atoms with E-state index in [1.807, 2.05) is 0 Å². The molecular weight excluding hydrogens is 222 g/mol. The maximum Gasteiger partial charge on any atom is 0.266 e. The molecule has 0 unspecified atom stereocenters. The SMILES string of the molecule is CCC(=O)N1CCC[C@]1(C(N)=O)n1ccnn1. The second kappa shape index (κ2) is 4.15. The van der Waals surface area contributed by atoms with Gasteiger partial charge in [0.25, 0.3) is 5.91 Å². The largest absolute Gasteiger partial charge is 0.366 e. The zero-order valence-electron chi connectivity index (χ0n) is 9.67. The molecule has 7 heteroatoms. The van der Waals surface area contributed by atoms with Gasteiger partial charge in [-0.2, -0.15) is 0 Å². The van der Waals surface area contributed by atoms with Gasteiger partial charge in [-0.3, -0.25) is 9.59 Å². The van der Waals surface area contributed by atoms with Crippen LogP contribution in [0.3, 0.4) is 0 Å². The first-order chi connectivity index (χ1) is 8.13. The number of likely N-dealkylation sites (tertiary alicyclic amines) is 1. The van der Waals surface area contributed by atoms with Gasteiger partial charge >= 0.3 is 0 Å². The minimum atomic E-state index is -1.18. The van der Waals surface area contributed by atoms with E-state index in [1.165, 1.54) is 15.8 Å². The van der Waals surface area contributed by atoms with E-state index < -0.39 is 11.6 Å². The summed E-state index contributed by atoms with van der Waals surface area (Å²) in [4.78, 5) is 25.2. The molecule has 2 rings (SSSR count). The first-order valence-corrected chi connectivity index (χ1v) is 5.60. The molecule has 0 bridgehead atoms. The van der Waals surface area contributed by atoms with E-state index in [0.29, 0.717) is 19.4 Å². The van der Waals surface area contributed by atoms with E-state index in [1.54, 1.807) is 13.1 Å². The number of rotatable bonds is 3. The van der Waals surface area contributed by atoms with Gasteiger partial charge in [-0.25, -0.2) is 4.68 Å². The summed E-state index contributed by atoms with van der Waals surface area (Å²) in [7, 11) is 0. The Morgan fingerprint density at radius 3 is 2.82 bits per heavy atom. The Morgan fingerprint density at radius 2 is 2.29 bits per heavy atom. The van der Waals surface area contributed by atoms with Crippen molar-refractivity contribution >= 4 is 11.8 Å². The first-order valence-electron chi connectivity index (χ1n) is 5.60. The molecule has 2 amide bonds. The molecule has 0 spiro atoms. The van der Waals surface area contributed by atoms with Crippen LogP contribution in [-0.2, 0) is 15.3 Å². The van der Waals surface area contributed by atoms with Crippen LogP contribution >= 0.6 is 0 Å². The van der Waals surface area contributed by atoms with E-state index in [9.17, 15) is 9.59 Å². The van der Waals surface area contributed by atoms with Crippen LogP contribution in [0.1, 0.15) is 26.2 Å². The lowest BCUT2D eigenvalue weighted by Gasteiger charge is -2.35. The third kappa shape index (κ3) is 1.58. The summed E-state index contributed by atoms with van der Waals surface area (Å²) in [5, 5.41) is 7.51. The lowest BCUT2D eigenvalue weighted by molar-refractivity contribution is -0.150. The zero-order chi connectivity index (χ0) is 12.5. The maximum atomic E-state index is 11.9. The summed E-state index contributed by atoms with van der Waals surface area (Å²) in [6, 6.07) is 0. The third-order valence-corrected chi connectivity index (χ3v) is 3.15. The smallest absolute Gasteiger partial charge is 0.266 e. The van der Waals surface area contributed by atoms with E-state index in [0.717, 1.165) is 6.42 Å². The van der Waals surface area contributed by atoms with E-state index in [4.69, 9.17) is 5.73 Å². The molecule has 1 aliphatic heterocycles. The van der Waals surface area contributed by atoms with Crippen LogP contribution in [-0.4, -0.2) is 38.3 Å². The number of carbonyl (C=O) groups excluding carboxylic acids is 2. The van der Waals surface area contributed by atoms with Crippen LogP contribution in [0.5, 0.6) is 0 Å². The Hall–Kier alpha value is -1.92. The number of hydrogen-bond acceptors (Lipinski definition) is 4. The molecule has 1 atom stereocenters. The molecular formula is C10H15N5O2. The molecule has 1 aromatic rings. The summed E-state index contributed by atoms with van der Waals surface area (Å²) in [6.45, 7) is 2.28. The summed E-state index contributed by atoms with van der Waals surface area (Å²) in [5.41, 5.74) is 4.31.